The maximum Gasteiger partial charge on any atom is 0.222 e. The van der Waals surface area contributed by atoms with Crippen LogP contribution in [-0.4, -0.2) is 56.6 Å². The van der Waals surface area contributed by atoms with E-state index in [1.807, 2.05) is 32.2 Å². The molecule has 0 radical (unpaired) electrons. The van der Waals surface area contributed by atoms with Crippen molar-refractivity contribution in [3.63, 3.8) is 0 Å². The van der Waals surface area contributed by atoms with Crippen molar-refractivity contribution in [3.8, 4) is 5.75 Å². The second-order valence-electron chi connectivity index (χ2n) is 10.1. The van der Waals surface area contributed by atoms with Gasteiger partial charge in [-0.05, 0) is 41.7 Å². The number of carbonyl (C=O) groups excluding carboxylic acids is 1. The lowest BCUT2D eigenvalue weighted by Gasteiger charge is -2.35. The van der Waals surface area contributed by atoms with E-state index in [9.17, 15) is 4.79 Å². The first kappa shape index (κ1) is 28.0. The summed E-state index contributed by atoms with van der Waals surface area (Å²) in [6.07, 6.45) is 2.27. The van der Waals surface area contributed by atoms with Crippen molar-refractivity contribution >= 4 is 28.8 Å². The molecule has 0 saturated carbocycles. The van der Waals surface area contributed by atoms with Gasteiger partial charge < -0.3 is 24.8 Å². The molecule has 4 rings (SSSR count). The van der Waals surface area contributed by atoms with Gasteiger partial charge in [0.05, 0.1) is 12.8 Å². The van der Waals surface area contributed by atoms with Crippen LogP contribution in [-0.2, 0) is 17.9 Å². The number of anilines is 3. The number of ether oxygens (including phenoxy) is 1. The van der Waals surface area contributed by atoms with Gasteiger partial charge in [-0.1, -0.05) is 56.0 Å². The predicted octanol–water partition coefficient (Wildman–Crippen LogP) is 5.82. The molecule has 0 bridgehead atoms. The zero-order chi connectivity index (χ0) is 27.8. The van der Waals surface area contributed by atoms with Crippen molar-refractivity contribution in [1.82, 2.24) is 9.88 Å². The molecule has 1 aromatic heterocycles. The molecule has 0 fully saturated rings. The third-order valence-electron chi connectivity index (χ3n) is 7.22. The van der Waals surface area contributed by atoms with Crippen LogP contribution in [0.4, 0.5) is 17.3 Å². The quantitative estimate of drug-likeness (QED) is 0.300. The Hall–Kier alpha value is -4.00. The van der Waals surface area contributed by atoms with E-state index in [0.29, 0.717) is 13.0 Å². The maximum absolute atomic E-state index is 11.9. The number of methoxy groups -OCH3 is 1. The number of hydrogen-bond acceptors (Lipinski definition) is 6. The van der Waals surface area contributed by atoms with E-state index in [4.69, 9.17) is 9.72 Å². The molecular weight excluding hydrogens is 486 g/mol. The average Bonchev–Trinajstić information content (AvgIpc) is 2.96. The van der Waals surface area contributed by atoms with Gasteiger partial charge in [-0.2, -0.15) is 0 Å². The molecule has 7 nitrogen and oxygen atoms in total. The first-order valence-electron chi connectivity index (χ1n) is 13.7. The molecule has 0 atom stereocenters. The van der Waals surface area contributed by atoms with Crippen LogP contribution < -0.4 is 19.9 Å². The van der Waals surface area contributed by atoms with Crippen LogP contribution in [0.3, 0.4) is 0 Å². The Kier molecular flexibility index (Phi) is 9.47. The fourth-order valence-corrected chi connectivity index (χ4v) is 4.96. The van der Waals surface area contributed by atoms with Gasteiger partial charge in [-0.15, -0.1) is 0 Å². The zero-order valence-corrected chi connectivity index (χ0v) is 23.7. The molecule has 7 heteroatoms. The Bertz CT molecular complexity index is 1260. The number of benzene rings is 2. The van der Waals surface area contributed by atoms with Crippen LogP contribution >= 0.6 is 0 Å². The van der Waals surface area contributed by atoms with Crippen LogP contribution in [0, 0.1) is 0 Å². The highest BCUT2D eigenvalue weighted by atomic mass is 16.5. The number of carbonyl (C=O) groups is 1. The molecule has 1 amide bonds. The van der Waals surface area contributed by atoms with Crippen molar-refractivity contribution in [1.29, 1.82) is 0 Å². The molecule has 0 unspecified atom stereocenters. The Morgan fingerprint density at radius 2 is 1.85 bits per heavy atom. The number of rotatable bonds is 12. The highest BCUT2D eigenvalue weighted by Gasteiger charge is 2.26. The van der Waals surface area contributed by atoms with Crippen LogP contribution in [0.2, 0.25) is 0 Å². The lowest BCUT2D eigenvalue weighted by atomic mass is 9.96. The fourth-order valence-electron chi connectivity index (χ4n) is 4.96. The normalized spacial score (nSPS) is 12.6. The Morgan fingerprint density at radius 1 is 1.10 bits per heavy atom. The molecule has 39 heavy (non-hydrogen) atoms. The van der Waals surface area contributed by atoms with Crippen molar-refractivity contribution in [3.05, 3.63) is 83.9 Å². The summed E-state index contributed by atoms with van der Waals surface area (Å²) in [6.45, 7) is 10.2. The number of amides is 1. The second-order valence-corrected chi connectivity index (χ2v) is 10.1. The van der Waals surface area contributed by atoms with Crippen molar-refractivity contribution in [2.75, 3.05) is 56.0 Å². The van der Waals surface area contributed by atoms with Crippen molar-refractivity contribution in [2.24, 2.45) is 0 Å². The van der Waals surface area contributed by atoms with Crippen LogP contribution in [0.25, 0.3) is 5.57 Å². The largest absolute Gasteiger partial charge is 0.497 e. The molecule has 3 aromatic rings. The van der Waals surface area contributed by atoms with Crippen LogP contribution in [0.1, 0.15) is 42.9 Å². The van der Waals surface area contributed by atoms with Gasteiger partial charge in [-0.25, -0.2) is 4.98 Å². The van der Waals surface area contributed by atoms with Crippen molar-refractivity contribution in [2.45, 2.75) is 39.3 Å². The summed E-state index contributed by atoms with van der Waals surface area (Å²) in [4.78, 5) is 23.5. The number of nitrogens with one attached hydrogen (secondary N) is 1. The van der Waals surface area contributed by atoms with E-state index < -0.39 is 0 Å². The van der Waals surface area contributed by atoms with Gasteiger partial charge in [0.25, 0.3) is 0 Å². The predicted molar refractivity (Wildman–Crippen MR) is 162 cm³/mol. The smallest absolute Gasteiger partial charge is 0.222 e. The summed E-state index contributed by atoms with van der Waals surface area (Å²) in [5, 5.41) is 3.53. The number of hydrogen-bond donors (Lipinski definition) is 1. The Balaban J connectivity index is 1.62. The lowest BCUT2D eigenvalue weighted by molar-refractivity contribution is -0.129. The van der Waals surface area contributed by atoms with Gasteiger partial charge in [-0.3, -0.25) is 4.79 Å². The van der Waals surface area contributed by atoms with E-state index in [0.717, 1.165) is 73.2 Å². The van der Waals surface area contributed by atoms with Gasteiger partial charge in [0.15, 0.2) is 0 Å². The third-order valence-corrected chi connectivity index (χ3v) is 7.22. The lowest BCUT2D eigenvalue weighted by Crippen LogP contribution is -2.31. The number of nitrogens with zero attached hydrogens (tertiary/aromatic N) is 4. The summed E-state index contributed by atoms with van der Waals surface area (Å²) in [5.41, 5.74) is 5.84. The topological polar surface area (TPSA) is 60.9 Å². The van der Waals surface area contributed by atoms with Gasteiger partial charge in [0.2, 0.25) is 5.91 Å². The van der Waals surface area contributed by atoms with E-state index in [1.165, 1.54) is 11.1 Å². The van der Waals surface area contributed by atoms with Gasteiger partial charge in [0, 0.05) is 64.9 Å². The summed E-state index contributed by atoms with van der Waals surface area (Å²) in [7, 11) is 5.65. The summed E-state index contributed by atoms with van der Waals surface area (Å²) in [6, 6.07) is 20.9. The molecule has 0 spiro atoms. The number of pyridine rings is 1. The molecule has 1 N–H and O–H groups in total. The summed E-state index contributed by atoms with van der Waals surface area (Å²) >= 11 is 0. The third kappa shape index (κ3) is 7.11. The second kappa shape index (κ2) is 13.2. The SMILES string of the molecule is C=C1CCN(Cc2ccc(OC)cc2)c2cc(NCCCN(C)C(=O)CC)nc(N(C)Cc3ccccc3)c21. The maximum atomic E-state index is 11.9. The minimum atomic E-state index is 0.166. The highest BCUT2D eigenvalue weighted by Crippen LogP contribution is 2.41. The molecule has 2 heterocycles. The zero-order valence-electron chi connectivity index (χ0n) is 23.7. The molecule has 0 aliphatic carbocycles. The molecule has 1 aliphatic heterocycles. The first-order valence-corrected chi connectivity index (χ1v) is 13.7. The standard InChI is InChI=1S/C32H41N5O2/c1-6-30(38)35(3)19-10-18-33-29-21-28-31(32(34-29)36(4)22-25-11-8-7-9-12-25)24(2)17-20-37(28)23-26-13-15-27(39-5)16-14-26/h7-9,11-16,21H,2,6,10,17-20,22-23H2,1,3-5H3,(H,33,34). The fraction of sp³-hybridized carbons (Fsp3) is 0.375. The Labute approximate surface area is 233 Å². The highest BCUT2D eigenvalue weighted by molar-refractivity contribution is 5.87. The van der Waals surface area contributed by atoms with E-state index >= 15 is 0 Å². The molecular formula is C32H41N5O2. The molecule has 2 aromatic carbocycles. The van der Waals surface area contributed by atoms with Crippen LogP contribution in [0.15, 0.2) is 67.2 Å². The van der Waals surface area contributed by atoms with Crippen molar-refractivity contribution < 1.29 is 9.53 Å². The Morgan fingerprint density at radius 3 is 2.54 bits per heavy atom. The van der Waals surface area contributed by atoms with E-state index in [2.05, 4.69) is 71.2 Å². The minimum absolute atomic E-state index is 0.166. The summed E-state index contributed by atoms with van der Waals surface area (Å²) < 4.78 is 5.35. The van der Waals surface area contributed by atoms with E-state index in [1.54, 1.807) is 12.0 Å². The average molecular weight is 528 g/mol. The molecule has 206 valence electrons. The van der Waals surface area contributed by atoms with Gasteiger partial charge in [0.1, 0.15) is 17.4 Å². The molecule has 0 saturated heterocycles. The summed E-state index contributed by atoms with van der Waals surface area (Å²) in [5.74, 6) is 2.79. The molecule has 1 aliphatic rings. The van der Waals surface area contributed by atoms with E-state index in [-0.39, 0.29) is 5.91 Å². The number of fused-ring (bicyclic) bond motifs is 1. The number of aromatic nitrogens is 1. The first-order chi connectivity index (χ1) is 18.9. The van der Waals surface area contributed by atoms with Crippen LogP contribution in [0.5, 0.6) is 5.75 Å². The minimum Gasteiger partial charge on any atom is -0.497 e. The monoisotopic (exact) mass is 527 g/mol. The van der Waals surface area contributed by atoms with Gasteiger partial charge >= 0.3 is 0 Å².